The van der Waals surface area contributed by atoms with E-state index < -0.39 is 5.72 Å². The molecule has 5 rings (SSSR count). The first-order chi connectivity index (χ1) is 13.2. The molecule has 3 unspecified atom stereocenters. The Balaban J connectivity index is 1.73. The van der Waals surface area contributed by atoms with E-state index in [-0.39, 0.29) is 28.8 Å². The number of carbonyl (C=O) groups is 1. The lowest BCUT2D eigenvalue weighted by molar-refractivity contribution is -0.124. The number of rotatable bonds is 1. The predicted octanol–water partition coefficient (Wildman–Crippen LogP) is 4.34. The molecule has 2 bridgehead atoms. The predicted molar refractivity (Wildman–Crippen MR) is 111 cm³/mol. The fourth-order valence-electron chi connectivity index (χ4n) is 5.54. The third-order valence-electron chi connectivity index (χ3n) is 6.72. The largest absolute Gasteiger partial charge is 0.467 e. The van der Waals surface area contributed by atoms with E-state index >= 15 is 0 Å². The van der Waals surface area contributed by atoms with E-state index in [1.165, 1.54) is 5.56 Å². The number of ether oxygens (including phenoxy) is 1. The first kappa shape index (κ1) is 17.6. The normalized spacial score (nSPS) is 28.8. The molecule has 28 heavy (non-hydrogen) atoms. The number of amides is 1. The molecule has 1 fully saturated rings. The van der Waals surface area contributed by atoms with E-state index in [2.05, 4.69) is 54.4 Å². The highest BCUT2D eigenvalue weighted by atomic mass is 16.5. The van der Waals surface area contributed by atoms with E-state index in [0.29, 0.717) is 0 Å². The molecule has 3 aliphatic heterocycles. The van der Waals surface area contributed by atoms with Crippen molar-refractivity contribution in [2.75, 3.05) is 4.90 Å². The number of hydrogen-bond donors (Lipinski definition) is 1. The summed E-state index contributed by atoms with van der Waals surface area (Å²) in [5, 5.41) is 3.24. The molecule has 1 amide bonds. The number of para-hydroxylation sites is 2. The molecule has 3 aliphatic rings. The Bertz CT molecular complexity index is 975. The number of fused-ring (bicyclic) bond motifs is 5. The first-order valence-electron chi connectivity index (χ1n) is 10.1. The maximum absolute atomic E-state index is 13.6. The van der Waals surface area contributed by atoms with Gasteiger partial charge in [-0.1, -0.05) is 36.4 Å². The van der Waals surface area contributed by atoms with Gasteiger partial charge in [-0.05, 0) is 52.3 Å². The Morgan fingerprint density at radius 1 is 1.11 bits per heavy atom. The van der Waals surface area contributed by atoms with Gasteiger partial charge in [-0.3, -0.25) is 4.79 Å². The zero-order valence-electron chi connectivity index (χ0n) is 17.2. The van der Waals surface area contributed by atoms with Crippen LogP contribution in [0.25, 0.3) is 0 Å². The molecule has 0 aromatic heterocycles. The van der Waals surface area contributed by atoms with Crippen molar-refractivity contribution in [2.45, 2.75) is 69.7 Å². The van der Waals surface area contributed by atoms with Crippen molar-refractivity contribution in [3.63, 3.8) is 0 Å². The molecule has 0 aliphatic carbocycles. The molecule has 4 nitrogen and oxygen atoms in total. The summed E-state index contributed by atoms with van der Waals surface area (Å²) in [5.74, 6) is 1.10. The smallest absolute Gasteiger partial charge is 0.243 e. The highest BCUT2D eigenvalue weighted by Crippen LogP contribution is 2.64. The van der Waals surface area contributed by atoms with Crippen LogP contribution in [0.3, 0.4) is 0 Å². The standard InChI is InChI=1S/C24H28N2O2/c1-22(2,3)25-21(27)20-16-14-24(28-19-13-9-6-10-15(16)19)23(4,5)17-11-7-8-12-18(17)26(20)24/h6-13,16,20H,14H2,1-5H3,(H,25,27). The van der Waals surface area contributed by atoms with Crippen LogP contribution in [-0.4, -0.2) is 23.2 Å². The fourth-order valence-corrected chi connectivity index (χ4v) is 5.54. The van der Waals surface area contributed by atoms with Crippen LogP contribution in [0.15, 0.2) is 48.5 Å². The first-order valence-corrected chi connectivity index (χ1v) is 10.1. The van der Waals surface area contributed by atoms with Gasteiger partial charge in [0.15, 0.2) is 5.72 Å². The second-order valence-electron chi connectivity index (χ2n) is 9.93. The van der Waals surface area contributed by atoms with E-state index in [4.69, 9.17) is 4.74 Å². The summed E-state index contributed by atoms with van der Waals surface area (Å²) >= 11 is 0. The lowest BCUT2D eigenvalue weighted by Gasteiger charge is -2.45. The molecular formula is C24H28N2O2. The van der Waals surface area contributed by atoms with Gasteiger partial charge in [0.2, 0.25) is 5.91 Å². The van der Waals surface area contributed by atoms with Crippen LogP contribution in [0.2, 0.25) is 0 Å². The van der Waals surface area contributed by atoms with Gasteiger partial charge in [-0.25, -0.2) is 0 Å². The maximum Gasteiger partial charge on any atom is 0.243 e. The number of hydrogen-bond acceptors (Lipinski definition) is 3. The van der Waals surface area contributed by atoms with Gasteiger partial charge in [0, 0.05) is 29.1 Å². The third kappa shape index (κ3) is 2.09. The second kappa shape index (κ2) is 5.31. The highest BCUT2D eigenvalue weighted by molar-refractivity contribution is 5.91. The summed E-state index contributed by atoms with van der Waals surface area (Å²) in [6, 6.07) is 16.4. The summed E-state index contributed by atoms with van der Waals surface area (Å²) in [7, 11) is 0. The van der Waals surface area contributed by atoms with Crippen molar-refractivity contribution < 1.29 is 9.53 Å². The van der Waals surface area contributed by atoms with Crippen molar-refractivity contribution in [1.82, 2.24) is 5.32 Å². The average Bonchev–Trinajstić information content (AvgIpc) is 3.00. The van der Waals surface area contributed by atoms with E-state index in [1.807, 2.05) is 39.0 Å². The second-order valence-corrected chi connectivity index (χ2v) is 9.93. The molecule has 2 aromatic carbocycles. The summed E-state index contributed by atoms with van der Waals surface area (Å²) in [6.07, 6.45) is 0.813. The van der Waals surface area contributed by atoms with Crippen LogP contribution >= 0.6 is 0 Å². The molecule has 0 radical (unpaired) electrons. The molecule has 146 valence electrons. The number of carbonyl (C=O) groups excluding carboxylic acids is 1. The average molecular weight is 377 g/mol. The molecule has 0 saturated carbocycles. The number of anilines is 1. The van der Waals surface area contributed by atoms with Gasteiger partial charge < -0.3 is 15.0 Å². The molecule has 1 N–H and O–H groups in total. The van der Waals surface area contributed by atoms with E-state index in [9.17, 15) is 4.79 Å². The molecule has 1 spiro atoms. The van der Waals surface area contributed by atoms with Crippen molar-refractivity contribution in [1.29, 1.82) is 0 Å². The Hall–Kier alpha value is -2.49. The van der Waals surface area contributed by atoms with Crippen LogP contribution in [-0.2, 0) is 10.2 Å². The minimum Gasteiger partial charge on any atom is -0.467 e. The minimum atomic E-state index is -0.546. The quantitative estimate of drug-likeness (QED) is 0.805. The SMILES string of the molecule is CC(C)(C)NC(=O)C1C2CC3(Oc4ccccc42)N1c1ccccc1C3(C)C. The molecule has 2 aromatic rings. The van der Waals surface area contributed by atoms with Crippen LogP contribution in [0.1, 0.15) is 58.1 Å². The van der Waals surface area contributed by atoms with Crippen LogP contribution in [0, 0.1) is 0 Å². The number of nitrogens with zero attached hydrogens (tertiary/aromatic N) is 1. The monoisotopic (exact) mass is 376 g/mol. The van der Waals surface area contributed by atoms with Crippen molar-refractivity contribution in [3.8, 4) is 5.75 Å². The Morgan fingerprint density at radius 3 is 2.54 bits per heavy atom. The minimum absolute atomic E-state index is 0.0761. The van der Waals surface area contributed by atoms with Gasteiger partial charge in [-0.15, -0.1) is 0 Å². The van der Waals surface area contributed by atoms with Gasteiger partial charge in [0.1, 0.15) is 11.8 Å². The van der Waals surface area contributed by atoms with E-state index in [1.54, 1.807) is 0 Å². The summed E-state index contributed by atoms with van der Waals surface area (Å²) in [4.78, 5) is 15.9. The zero-order valence-corrected chi connectivity index (χ0v) is 17.2. The highest BCUT2D eigenvalue weighted by Gasteiger charge is 2.70. The lowest BCUT2D eigenvalue weighted by atomic mass is 9.73. The summed E-state index contributed by atoms with van der Waals surface area (Å²) < 4.78 is 6.79. The van der Waals surface area contributed by atoms with Gasteiger partial charge in [0.05, 0.1) is 5.41 Å². The molecule has 3 atom stereocenters. The summed E-state index contributed by atoms with van der Waals surface area (Å²) in [6.45, 7) is 10.6. The van der Waals surface area contributed by atoms with E-state index in [0.717, 1.165) is 23.4 Å². The van der Waals surface area contributed by atoms with Crippen LogP contribution in [0.5, 0.6) is 5.75 Å². The third-order valence-corrected chi connectivity index (χ3v) is 6.72. The lowest BCUT2D eigenvalue weighted by Crippen LogP contribution is -2.60. The maximum atomic E-state index is 13.6. The van der Waals surface area contributed by atoms with Gasteiger partial charge in [0.25, 0.3) is 0 Å². The number of benzene rings is 2. The number of nitrogens with one attached hydrogen (secondary N) is 1. The van der Waals surface area contributed by atoms with Crippen LogP contribution < -0.4 is 15.0 Å². The van der Waals surface area contributed by atoms with Gasteiger partial charge in [-0.2, -0.15) is 0 Å². The summed E-state index contributed by atoms with van der Waals surface area (Å²) in [5.41, 5.74) is 2.46. The van der Waals surface area contributed by atoms with Crippen LogP contribution in [0.4, 0.5) is 5.69 Å². The Morgan fingerprint density at radius 2 is 1.79 bits per heavy atom. The topological polar surface area (TPSA) is 41.6 Å². The van der Waals surface area contributed by atoms with Crippen molar-refractivity contribution in [2.24, 2.45) is 0 Å². The zero-order chi connectivity index (χ0) is 19.9. The molecular weight excluding hydrogens is 348 g/mol. The van der Waals surface area contributed by atoms with Crippen molar-refractivity contribution in [3.05, 3.63) is 59.7 Å². The Kier molecular flexibility index (Phi) is 3.34. The van der Waals surface area contributed by atoms with Gasteiger partial charge >= 0.3 is 0 Å². The molecule has 4 heteroatoms. The molecule has 3 heterocycles. The fraction of sp³-hybridized carbons (Fsp3) is 0.458. The Labute approximate surface area is 166 Å². The molecule has 1 saturated heterocycles. The van der Waals surface area contributed by atoms with Crippen molar-refractivity contribution >= 4 is 11.6 Å².